The number of imide groups is 1. The minimum atomic E-state index is -3.61. The van der Waals surface area contributed by atoms with Gasteiger partial charge in [0.2, 0.25) is 15.9 Å². The van der Waals surface area contributed by atoms with E-state index in [0.717, 1.165) is 11.1 Å². The average molecular weight is 413 g/mol. The van der Waals surface area contributed by atoms with Crippen molar-refractivity contribution < 1.29 is 18.0 Å². The van der Waals surface area contributed by atoms with Gasteiger partial charge >= 0.3 is 6.03 Å². The van der Waals surface area contributed by atoms with Gasteiger partial charge in [0.05, 0.1) is 11.4 Å². The molecule has 2 aromatic carbocycles. The summed E-state index contributed by atoms with van der Waals surface area (Å²) in [6, 6.07) is 14.3. The molecule has 152 valence electrons. The second kappa shape index (κ2) is 7.61. The number of aryl methyl sites for hydroxylation is 1. The van der Waals surface area contributed by atoms with Crippen LogP contribution in [0.2, 0.25) is 0 Å². The number of carbonyl (C=O) groups is 2. The molecule has 0 radical (unpaired) electrons. The summed E-state index contributed by atoms with van der Waals surface area (Å²) in [5, 5.41) is 2.51. The summed E-state index contributed by atoms with van der Waals surface area (Å²) in [6.45, 7) is 2.60. The fourth-order valence-corrected chi connectivity index (χ4v) is 5.33. The minimum Gasteiger partial charge on any atom is -0.329 e. The monoisotopic (exact) mass is 413 g/mol. The molecule has 0 spiro atoms. The lowest BCUT2D eigenvalue weighted by Gasteiger charge is -2.34. The van der Waals surface area contributed by atoms with Crippen LogP contribution in [0.5, 0.6) is 0 Å². The van der Waals surface area contributed by atoms with Crippen molar-refractivity contribution in [2.75, 3.05) is 19.6 Å². The maximum Gasteiger partial charge on any atom is 0.324 e. The molecule has 0 atom stereocenters. The molecule has 2 fully saturated rings. The average Bonchev–Trinajstić information content (AvgIpc) is 3.07. The zero-order valence-corrected chi connectivity index (χ0v) is 17.0. The molecular formula is C21H23N3O4S. The van der Waals surface area contributed by atoms with Crippen LogP contribution in [-0.4, -0.2) is 55.2 Å². The Balaban J connectivity index is 1.46. The standard InChI is InChI=1S/C21H23N3O4S/c1-15-2-4-16(5-3-15)17-6-8-19(9-7-17)29(27,28)23-12-10-18(11-13-23)24-20(25)14-22-21(24)26/h2-9,18H,10-14H2,1H3,(H,22,26). The molecule has 8 heteroatoms. The molecule has 29 heavy (non-hydrogen) atoms. The molecule has 4 rings (SSSR count). The number of rotatable bonds is 4. The van der Waals surface area contributed by atoms with Gasteiger partial charge in [-0.1, -0.05) is 42.0 Å². The third-order valence-electron chi connectivity index (χ3n) is 5.54. The Kier molecular flexibility index (Phi) is 5.14. The van der Waals surface area contributed by atoms with E-state index in [1.807, 2.05) is 43.3 Å². The van der Waals surface area contributed by atoms with Gasteiger partial charge in [-0.15, -0.1) is 0 Å². The number of sulfonamides is 1. The predicted molar refractivity (Wildman–Crippen MR) is 109 cm³/mol. The summed E-state index contributed by atoms with van der Waals surface area (Å²) in [5.74, 6) is -0.247. The van der Waals surface area contributed by atoms with Gasteiger partial charge in [-0.05, 0) is 43.0 Å². The summed E-state index contributed by atoms with van der Waals surface area (Å²) in [6.07, 6.45) is 0.889. The van der Waals surface area contributed by atoms with Crippen LogP contribution in [0.25, 0.3) is 11.1 Å². The normalized spacial score (nSPS) is 18.9. The third kappa shape index (κ3) is 3.77. The molecule has 2 heterocycles. The molecule has 3 amide bonds. The Hall–Kier alpha value is -2.71. The SMILES string of the molecule is Cc1ccc(-c2ccc(S(=O)(=O)N3CCC(N4C(=O)CNC4=O)CC3)cc2)cc1. The highest BCUT2D eigenvalue weighted by atomic mass is 32.2. The molecule has 0 aliphatic carbocycles. The van der Waals surface area contributed by atoms with E-state index in [-0.39, 0.29) is 42.5 Å². The van der Waals surface area contributed by atoms with Gasteiger partial charge in [-0.3, -0.25) is 9.69 Å². The maximum atomic E-state index is 13.0. The van der Waals surface area contributed by atoms with E-state index in [4.69, 9.17) is 0 Å². The highest BCUT2D eigenvalue weighted by molar-refractivity contribution is 7.89. The van der Waals surface area contributed by atoms with Gasteiger partial charge in [0, 0.05) is 19.1 Å². The van der Waals surface area contributed by atoms with Gasteiger partial charge in [0.25, 0.3) is 0 Å². The Morgan fingerprint density at radius 3 is 1.97 bits per heavy atom. The topological polar surface area (TPSA) is 86.8 Å². The van der Waals surface area contributed by atoms with Crippen LogP contribution >= 0.6 is 0 Å². The van der Waals surface area contributed by atoms with E-state index in [2.05, 4.69) is 5.32 Å². The number of piperidine rings is 1. The van der Waals surface area contributed by atoms with E-state index in [9.17, 15) is 18.0 Å². The number of hydrogen-bond donors (Lipinski definition) is 1. The number of hydrogen-bond acceptors (Lipinski definition) is 4. The third-order valence-corrected chi connectivity index (χ3v) is 7.46. The number of carbonyl (C=O) groups excluding carboxylic acids is 2. The zero-order valence-electron chi connectivity index (χ0n) is 16.2. The Labute approximate surface area is 170 Å². The highest BCUT2D eigenvalue weighted by Crippen LogP contribution is 2.26. The van der Waals surface area contributed by atoms with Crippen LogP contribution < -0.4 is 5.32 Å². The van der Waals surface area contributed by atoms with E-state index < -0.39 is 10.0 Å². The van der Waals surface area contributed by atoms with Crippen LogP contribution in [0.1, 0.15) is 18.4 Å². The van der Waals surface area contributed by atoms with Crippen molar-refractivity contribution >= 4 is 22.0 Å². The summed E-state index contributed by atoms with van der Waals surface area (Å²) in [4.78, 5) is 25.2. The van der Waals surface area contributed by atoms with Crippen molar-refractivity contribution in [2.45, 2.75) is 30.7 Å². The van der Waals surface area contributed by atoms with Crippen LogP contribution in [0.3, 0.4) is 0 Å². The van der Waals surface area contributed by atoms with Gasteiger partial charge in [-0.25, -0.2) is 13.2 Å². The quantitative estimate of drug-likeness (QED) is 0.780. The lowest BCUT2D eigenvalue weighted by molar-refractivity contribution is -0.127. The van der Waals surface area contributed by atoms with Crippen molar-refractivity contribution in [3.8, 4) is 11.1 Å². The summed E-state index contributed by atoms with van der Waals surface area (Å²) < 4.78 is 27.4. The van der Waals surface area contributed by atoms with E-state index >= 15 is 0 Å². The largest absolute Gasteiger partial charge is 0.329 e. The molecule has 2 aliphatic rings. The van der Waals surface area contributed by atoms with E-state index in [0.29, 0.717) is 12.8 Å². The van der Waals surface area contributed by atoms with Crippen LogP contribution in [0.15, 0.2) is 53.4 Å². The molecule has 0 saturated carbocycles. The first-order valence-corrected chi connectivity index (χ1v) is 11.1. The van der Waals surface area contributed by atoms with Crippen LogP contribution in [-0.2, 0) is 14.8 Å². The molecule has 2 aromatic rings. The molecule has 0 aromatic heterocycles. The zero-order chi connectivity index (χ0) is 20.6. The van der Waals surface area contributed by atoms with Gasteiger partial charge < -0.3 is 5.32 Å². The second-order valence-corrected chi connectivity index (χ2v) is 9.39. The molecule has 0 bridgehead atoms. The Morgan fingerprint density at radius 2 is 1.45 bits per heavy atom. The van der Waals surface area contributed by atoms with Gasteiger partial charge in [0.15, 0.2) is 0 Å². The minimum absolute atomic E-state index is 0.0185. The van der Waals surface area contributed by atoms with Crippen LogP contribution in [0.4, 0.5) is 4.79 Å². The van der Waals surface area contributed by atoms with Crippen molar-refractivity contribution in [3.63, 3.8) is 0 Å². The molecule has 1 N–H and O–H groups in total. The van der Waals surface area contributed by atoms with Gasteiger partial charge in [0.1, 0.15) is 0 Å². The summed E-state index contributed by atoms with van der Waals surface area (Å²) in [5.41, 5.74) is 3.17. The summed E-state index contributed by atoms with van der Waals surface area (Å²) in [7, 11) is -3.61. The van der Waals surface area contributed by atoms with E-state index in [1.165, 1.54) is 14.8 Å². The van der Waals surface area contributed by atoms with Crippen molar-refractivity contribution in [2.24, 2.45) is 0 Å². The first kappa shape index (κ1) is 19.6. The Morgan fingerprint density at radius 1 is 0.897 bits per heavy atom. The lowest BCUT2D eigenvalue weighted by Crippen LogP contribution is -2.48. The van der Waals surface area contributed by atoms with Gasteiger partial charge in [-0.2, -0.15) is 4.31 Å². The fraction of sp³-hybridized carbons (Fsp3) is 0.333. The lowest BCUT2D eigenvalue weighted by atomic mass is 10.0. The molecule has 0 unspecified atom stereocenters. The molecule has 2 aliphatic heterocycles. The predicted octanol–water partition coefficient (Wildman–Crippen LogP) is 2.37. The number of nitrogens with one attached hydrogen (secondary N) is 1. The first-order valence-electron chi connectivity index (χ1n) is 9.63. The molecular weight excluding hydrogens is 390 g/mol. The number of amides is 3. The second-order valence-electron chi connectivity index (χ2n) is 7.45. The number of nitrogens with zero attached hydrogens (tertiary/aromatic N) is 2. The van der Waals surface area contributed by atoms with Crippen molar-refractivity contribution in [3.05, 3.63) is 54.1 Å². The number of urea groups is 1. The van der Waals surface area contributed by atoms with E-state index in [1.54, 1.807) is 12.1 Å². The maximum absolute atomic E-state index is 13.0. The smallest absolute Gasteiger partial charge is 0.324 e. The van der Waals surface area contributed by atoms with Crippen molar-refractivity contribution in [1.82, 2.24) is 14.5 Å². The Bertz CT molecular complexity index is 1010. The number of benzene rings is 2. The van der Waals surface area contributed by atoms with Crippen molar-refractivity contribution in [1.29, 1.82) is 0 Å². The fourth-order valence-electron chi connectivity index (χ4n) is 3.86. The first-order chi connectivity index (χ1) is 13.9. The highest BCUT2D eigenvalue weighted by Gasteiger charge is 2.38. The summed E-state index contributed by atoms with van der Waals surface area (Å²) >= 11 is 0. The molecule has 7 nitrogen and oxygen atoms in total. The van der Waals surface area contributed by atoms with Crippen LogP contribution in [0, 0.1) is 6.92 Å². The molecule has 2 saturated heterocycles.